The van der Waals surface area contributed by atoms with Crippen molar-refractivity contribution in [2.75, 3.05) is 5.32 Å². The number of amides is 1. The Labute approximate surface area is 168 Å². The zero-order valence-electron chi connectivity index (χ0n) is 17.0. The fourth-order valence-electron chi connectivity index (χ4n) is 3.61. The molecule has 3 nitrogen and oxygen atoms in total. The molecule has 3 aromatic rings. The molecule has 0 unspecified atom stereocenters. The summed E-state index contributed by atoms with van der Waals surface area (Å²) in [7, 11) is 0. The van der Waals surface area contributed by atoms with Crippen molar-refractivity contribution >= 4 is 22.5 Å². The smallest absolute Gasteiger partial charge is 0.256 e. The van der Waals surface area contributed by atoms with Crippen molar-refractivity contribution in [3.05, 3.63) is 71.4 Å². The number of fused-ring (bicyclic) bond motifs is 1. The van der Waals surface area contributed by atoms with Gasteiger partial charge < -0.3 is 5.32 Å². The summed E-state index contributed by atoms with van der Waals surface area (Å²) in [6.07, 6.45) is 10.2. The average Bonchev–Trinajstić information content (AvgIpc) is 2.71. The van der Waals surface area contributed by atoms with E-state index >= 15 is 0 Å². The number of pyridine rings is 1. The summed E-state index contributed by atoms with van der Waals surface area (Å²) in [6.45, 7) is 4.27. The Morgan fingerprint density at radius 1 is 0.964 bits per heavy atom. The lowest BCUT2D eigenvalue weighted by Gasteiger charge is -2.12. The second kappa shape index (κ2) is 10.0. The minimum absolute atomic E-state index is 0.0529. The SMILES string of the molecule is CCCCCCCCc1ccc(C)cc1C(=O)Nc1cccc2cccnc12. The van der Waals surface area contributed by atoms with Gasteiger partial charge in [0.1, 0.15) is 0 Å². The second-order valence-corrected chi connectivity index (χ2v) is 7.51. The predicted octanol–water partition coefficient (Wildman–Crippen LogP) is 6.70. The molecule has 2 aromatic carbocycles. The molecule has 0 saturated carbocycles. The highest BCUT2D eigenvalue weighted by molar-refractivity contribution is 6.09. The van der Waals surface area contributed by atoms with Gasteiger partial charge in [-0.15, -0.1) is 0 Å². The molecule has 1 amide bonds. The lowest BCUT2D eigenvalue weighted by molar-refractivity contribution is 0.102. The minimum atomic E-state index is -0.0529. The summed E-state index contributed by atoms with van der Waals surface area (Å²) < 4.78 is 0. The standard InChI is InChI=1S/C25H30N2O/c1-3-4-5-6-7-8-11-20-16-15-19(2)18-22(20)25(28)27-23-14-9-12-21-13-10-17-26-24(21)23/h9-10,12-18H,3-8,11H2,1-2H3,(H,27,28). The van der Waals surface area contributed by atoms with Crippen LogP contribution in [0.1, 0.15) is 66.9 Å². The fraction of sp³-hybridized carbons (Fsp3) is 0.360. The molecule has 1 aromatic heterocycles. The van der Waals surface area contributed by atoms with E-state index in [1.54, 1.807) is 6.20 Å². The summed E-state index contributed by atoms with van der Waals surface area (Å²) in [4.78, 5) is 17.5. The fourth-order valence-corrected chi connectivity index (χ4v) is 3.61. The van der Waals surface area contributed by atoms with Crippen LogP contribution in [0.4, 0.5) is 5.69 Å². The van der Waals surface area contributed by atoms with Crippen LogP contribution >= 0.6 is 0 Å². The van der Waals surface area contributed by atoms with Crippen molar-refractivity contribution < 1.29 is 4.79 Å². The maximum Gasteiger partial charge on any atom is 0.256 e. The first-order valence-electron chi connectivity index (χ1n) is 10.4. The molecule has 28 heavy (non-hydrogen) atoms. The predicted molar refractivity (Wildman–Crippen MR) is 118 cm³/mol. The molecule has 0 aliphatic rings. The van der Waals surface area contributed by atoms with Crippen LogP contribution in [0.15, 0.2) is 54.7 Å². The normalized spacial score (nSPS) is 10.9. The largest absolute Gasteiger partial charge is 0.320 e. The first-order valence-corrected chi connectivity index (χ1v) is 10.4. The number of anilines is 1. The zero-order valence-corrected chi connectivity index (χ0v) is 17.0. The maximum absolute atomic E-state index is 13.1. The molecule has 0 aliphatic carbocycles. The van der Waals surface area contributed by atoms with Crippen LogP contribution in [0.2, 0.25) is 0 Å². The van der Waals surface area contributed by atoms with Crippen molar-refractivity contribution in [1.29, 1.82) is 0 Å². The number of nitrogens with zero attached hydrogens (tertiary/aromatic N) is 1. The first-order chi connectivity index (χ1) is 13.7. The Hall–Kier alpha value is -2.68. The summed E-state index contributed by atoms with van der Waals surface area (Å²) in [5.41, 5.74) is 4.60. The van der Waals surface area contributed by atoms with E-state index in [-0.39, 0.29) is 5.91 Å². The van der Waals surface area contributed by atoms with Crippen molar-refractivity contribution in [2.45, 2.75) is 58.8 Å². The zero-order chi connectivity index (χ0) is 19.8. The Morgan fingerprint density at radius 2 is 1.75 bits per heavy atom. The third kappa shape index (κ3) is 5.19. The van der Waals surface area contributed by atoms with E-state index in [1.165, 1.54) is 32.1 Å². The average molecular weight is 375 g/mol. The van der Waals surface area contributed by atoms with Crippen LogP contribution in [0.25, 0.3) is 10.9 Å². The highest BCUT2D eigenvalue weighted by Crippen LogP contribution is 2.23. The molecule has 1 heterocycles. The van der Waals surface area contributed by atoms with Gasteiger partial charge in [0.25, 0.3) is 5.91 Å². The van der Waals surface area contributed by atoms with E-state index in [4.69, 9.17) is 0 Å². The number of para-hydroxylation sites is 1. The Kier molecular flexibility index (Phi) is 7.18. The third-order valence-corrected chi connectivity index (χ3v) is 5.19. The van der Waals surface area contributed by atoms with Gasteiger partial charge in [-0.2, -0.15) is 0 Å². The number of carbonyl (C=O) groups excluding carboxylic acids is 1. The van der Waals surface area contributed by atoms with Crippen LogP contribution in [0.5, 0.6) is 0 Å². The quantitative estimate of drug-likeness (QED) is 0.423. The van der Waals surface area contributed by atoms with E-state index in [9.17, 15) is 4.79 Å². The van der Waals surface area contributed by atoms with Crippen molar-refractivity contribution in [2.24, 2.45) is 0 Å². The third-order valence-electron chi connectivity index (χ3n) is 5.19. The van der Waals surface area contributed by atoms with Gasteiger partial charge >= 0.3 is 0 Å². The monoisotopic (exact) mass is 374 g/mol. The van der Waals surface area contributed by atoms with Crippen LogP contribution < -0.4 is 5.32 Å². The van der Waals surface area contributed by atoms with E-state index in [0.717, 1.165) is 46.1 Å². The number of rotatable bonds is 9. The summed E-state index contributed by atoms with van der Waals surface area (Å²) in [5, 5.41) is 4.11. The molecule has 146 valence electrons. The van der Waals surface area contributed by atoms with Crippen LogP contribution in [0, 0.1) is 6.92 Å². The summed E-state index contributed by atoms with van der Waals surface area (Å²) in [5.74, 6) is -0.0529. The van der Waals surface area contributed by atoms with Crippen molar-refractivity contribution in [3.8, 4) is 0 Å². The molecule has 0 aliphatic heterocycles. The molecule has 0 saturated heterocycles. The summed E-state index contributed by atoms with van der Waals surface area (Å²) >= 11 is 0. The first kappa shape index (κ1) is 20.1. The number of aromatic nitrogens is 1. The second-order valence-electron chi connectivity index (χ2n) is 7.51. The van der Waals surface area contributed by atoms with Gasteiger partial charge in [-0.05, 0) is 43.5 Å². The number of nitrogens with one attached hydrogen (secondary N) is 1. The molecular weight excluding hydrogens is 344 g/mol. The molecular formula is C25H30N2O. The number of benzene rings is 2. The highest BCUT2D eigenvalue weighted by Gasteiger charge is 2.13. The molecule has 1 N–H and O–H groups in total. The van der Waals surface area contributed by atoms with E-state index in [1.807, 2.05) is 43.3 Å². The van der Waals surface area contributed by atoms with Crippen LogP contribution in [-0.4, -0.2) is 10.9 Å². The highest BCUT2D eigenvalue weighted by atomic mass is 16.1. The lowest BCUT2D eigenvalue weighted by atomic mass is 9.98. The van der Waals surface area contributed by atoms with Gasteiger partial charge in [-0.3, -0.25) is 9.78 Å². The number of unbranched alkanes of at least 4 members (excludes halogenated alkanes) is 5. The number of carbonyl (C=O) groups is 1. The van der Waals surface area contributed by atoms with Crippen LogP contribution in [0.3, 0.4) is 0 Å². The Balaban J connectivity index is 1.72. The topological polar surface area (TPSA) is 42.0 Å². The summed E-state index contributed by atoms with van der Waals surface area (Å²) in [6, 6.07) is 16.0. The van der Waals surface area contributed by atoms with Gasteiger partial charge in [0, 0.05) is 17.1 Å². The van der Waals surface area contributed by atoms with Gasteiger partial charge in [0.2, 0.25) is 0 Å². The van der Waals surface area contributed by atoms with Gasteiger partial charge in [-0.25, -0.2) is 0 Å². The van der Waals surface area contributed by atoms with E-state index in [2.05, 4.69) is 29.4 Å². The van der Waals surface area contributed by atoms with Gasteiger partial charge in [0.15, 0.2) is 0 Å². The Morgan fingerprint density at radius 3 is 2.61 bits per heavy atom. The number of aryl methyl sites for hydroxylation is 2. The molecule has 0 bridgehead atoms. The molecule has 3 rings (SSSR count). The van der Waals surface area contributed by atoms with Crippen molar-refractivity contribution in [1.82, 2.24) is 4.98 Å². The van der Waals surface area contributed by atoms with E-state index < -0.39 is 0 Å². The minimum Gasteiger partial charge on any atom is -0.320 e. The Bertz CT molecular complexity index is 927. The van der Waals surface area contributed by atoms with Crippen molar-refractivity contribution in [3.63, 3.8) is 0 Å². The molecule has 0 radical (unpaired) electrons. The molecule has 0 atom stereocenters. The molecule has 0 spiro atoms. The van der Waals surface area contributed by atoms with Crippen LogP contribution in [-0.2, 0) is 6.42 Å². The number of hydrogen-bond acceptors (Lipinski definition) is 2. The molecule has 0 fully saturated rings. The van der Waals surface area contributed by atoms with E-state index in [0.29, 0.717) is 0 Å². The van der Waals surface area contributed by atoms with Gasteiger partial charge in [-0.1, -0.05) is 74.9 Å². The lowest BCUT2D eigenvalue weighted by Crippen LogP contribution is -2.15. The van der Waals surface area contributed by atoms with Gasteiger partial charge in [0.05, 0.1) is 11.2 Å². The maximum atomic E-state index is 13.1. The molecule has 3 heteroatoms. The number of hydrogen-bond donors (Lipinski definition) is 1.